The molecule has 1 aliphatic rings. The molecule has 0 saturated carbocycles. The van der Waals surface area contributed by atoms with Gasteiger partial charge in [0.25, 0.3) is 0 Å². The maximum atomic E-state index is 10.9. The van der Waals surface area contributed by atoms with Gasteiger partial charge in [-0.25, -0.2) is 0 Å². The molecule has 0 spiro atoms. The maximum Gasteiger partial charge on any atom is 0.307 e. The molecule has 0 radical (unpaired) electrons. The molecule has 4 heteroatoms. The third kappa shape index (κ3) is 2.39. The van der Waals surface area contributed by atoms with Crippen LogP contribution in [0.4, 0.5) is 0 Å². The summed E-state index contributed by atoms with van der Waals surface area (Å²) in [6, 6.07) is 1.92. The summed E-state index contributed by atoms with van der Waals surface area (Å²) in [5, 5.41) is 9.50. The molecular formula is C13H15ClO3. The average Bonchev–Trinajstić information content (AvgIpc) is 2.28. The lowest BCUT2D eigenvalue weighted by molar-refractivity contribution is -0.136. The minimum absolute atomic E-state index is 0.0218. The molecule has 17 heavy (non-hydrogen) atoms. The van der Waals surface area contributed by atoms with Crippen molar-refractivity contribution >= 4 is 17.6 Å². The van der Waals surface area contributed by atoms with Gasteiger partial charge < -0.3 is 9.84 Å². The van der Waals surface area contributed by atoms with Gasteiger partial charge in [-0.3, -0.25) is 4.79 Å². The van der Waals surface area contributed by atoms with Crippen LogP contribution in [0.1, 0.15) is 29.5 Å². The largest absolute Gasteiger partial charge is 0.495 e. The highest BCUT2D eigenvalue weighted by molar-refractivity contribution is 6.32. The van der Waals surface area contributed by atoms with Crippen LogP contribution < -0.4 is 4.74 Å². The number of methoxy groups -OCH3 is 1. The fourth-order valence-corrected chi connectivity index (χ4v) is 2.81. The van der Waals surface area contributed by atoms with Crippen molar-refractivity contribution in [2.75, 3.05) is 7.11 Å². The summed E-state index contributed by atoms with van der Waals surface area (Å²) < 4.78 is 5.25. The van der Waals surface area contributed by atoms with Crippen molar-refractivity contribution in [2.24, 2.45) is 0 Å². The van der Waals surface area contributed by atoms with Crippen LogP contribution in [0.25, 0.3) is 0 Å². The highest BCUT2D eigenvalue weighted by Gasteiger charge is 2.21. The van der Waals surface area contributed by atoms with Gasteiger partial charge in [-0.15, -0.1) is 0 Å². The number of fused-ring (bicyclic) bond motifs is 1. The zero-order valence-electron chi connectivity index (χ0n) is 9.75. The van der Waals surface area contributed by atoms with Crippen LogP contribution in [0, 0.1) is 0 Å². The van der Waals surface area contributed by atoms with E-state index in [1.165, 1.54) is 12.7 Å². The first-order valence-electron chi connectivity index (χ1n) is 5.72. The van der Waals surface area contributed by atoms with Crippen molar-refractivity contribution in [2.45, 2.75) is 32.1 Å². The minimum atomic E-state index is -0.849. The maximum absolute atomic E-state index is 10.9. The van der Waals surface area contributed by atoms with Crippen LogP contribution in [0.15, 0.2) is 6.07 Å². The number of carbonyl (C=O) groups is 1. The molecule has 0 amide bonds. The van der Waals surface area contributed by atoms with Crippen LogP contribution in [-0.4, -0.2) is 18.2 Å². The SMILES string of the molecule is COc1c(Cl)cc2c(c1CC(=O)O)CCCC2. The van der Waals surface area contributed by atoms with E-state index in [1.807, 2.05) is 6.07 Å². The van der Waals surface area contributed by atoms with E-state index >= 15 is 0 Å². The topological polar surface area (TPSA) is 46.5 Å². The normalized spacial score (nSPS) is 14.2. The van der Waals surface area contributed by atoms with Gasteiger partial charge in [-0.05, 0) is 42.9 Å². The lowest BCUT2D eigenvalue weighted by Crippen LogP contribution is -2.12. The molecule has 1 aromatic rings. The van der Waals surface area contributed by atoms with E-state index < -0.39 is 5.97 Å². The molecule has 0 aromatic heterocycles. The predicted molar refractivity (Wildman–Crippen MR) is 66.0 cm³/mol. The van der Waals surface area contributed by atoms with Gasteiger partial charge in [0, 0.05) is 5.56 Å². The number of carboxylic acid groups (broad SMARTS) is 1. The highest BCUT2D eigenvalue weighted by Crippen LogP contribution is 2.37. The van der Waals surface area contributed by atoms with Crippen LogP contribution in [0.3, 0.4) is 0 Å². The van der Waals surface area contributed by atoms with Gasteiger partial charge in [0.05, 0.1) is 18.6 Å². The van der Waals surface area contributed by atoms with E-state index in [0.717, 1.165) is 36.8 Å². The number of aryl methyl sites for hydroxylation is 1. The molecule has 0 unspecified atom stereocenters. The van der Waals surface area contributed by atoms with E-state index in [1.54, 1.807) is 0 Å². The number of hydrogen-bond acceptors (Lipinski definition) is 2. The molecule has 0 saturated heterocycles. The molecule has 3 nitrogen and oxygen atoms in total. The summed E-state index contributed by atoms with van der Waals surface area (Å²) in [4.78, 5) is 10.9. The van der Waals surface area contributed by atoms with Crippen LogP contribution in [-0.2, 0) is 24.1 Å². The summed E-state index contributed by atoms with van der Waals surface area (Å²) >= 11 is 6.13. The first-order valence-corrected chi connectivity index (χ1v) is 6.10. The summed E-state index contributed by atoms with van der Waals surface area (Å²) in [6.45, 7) is 0. The van der Waals surface area contributed by atoms with Gasteiger partial charge >= 0.3 is 5.97 Å². The Hall–Kier alpha value is -1.22. The molecule has 0 heterocycles. The summed E-state index contributed by atoms with van der Waals surface area (Å²) in [7, 11) is 1.53. The lowest BCUT2D eigenvalue weighted by Gasteiger charge is -2.22. The molecule has 1 aromatic carbocycles. The van der Waals surface area contributed by atoms with E-state index in [4.69, 9.17) is 21.4 Å². The van der Waals surface area contributed by atoms with E-state index in [0.29, 0.717) is 10.8 Å². The van der Waals surface area contributed by atoms with Crippen molar-refractivity contribution in [3.8, 4) is 5.75 Å². The molecule has 0 bridgehead atoms. The number of hydrogen-bond donors (Lipinski definition) is 1. The highest BCUT2D eigenvalue weighted by atomic mass is 35.5. The number of aliphatic carboxylic acids is 1. The van der Waals surface area contributed by atoms with Crippen molar-refractivity contribution in [3.63, 3.8) is 0 Å². The second-order valence-corrected chi connectivity index (χ2v) is 4.69. The van der Waals surface area contributed by atoms with Crippen LogP contribution in [0.2, 0.25) is 5.02 Å². The van der Waals surface area contributed by atoms with Gasteiger partial charge in [0.15, 0.2) is 0 Å². The Morgan fingerprint density at radius 1 is 1.47 bits per heavy atom. The Labute approximate surface area is 105 Å². The Morgan fingerprint density at radius 2 is 2.18 bits per heavy atom. The van der Waals surface area contributed by atoms with E-state index in [9.17, 15) is 4.79 Å². The van der Waals surface area contributed by atoms with Crippen molar-refractivity contribution in [1.29, 1.82) is 0 Å². The summed E-state index contributed by atoms with van der Waals surface area (Å²) in [5.41, 5.74) is 3.06. The van der Waals surface area contributed by atoms with Gasteiger partial charge in [0.1, 0.15) is 5.75 Å². The first-order chi connectivity index (χ1) is 8.13. The van der Waals surface area contributed by atoms with Crippen LogP contribution >= 0.6 is 11.6 Å². The zero-order chi connectivity index (χ0) is 12.4. The Kier molecular flexibility index (Phi) is 3.57. The smallest absolute Gasteiger partial charge is 0.307 e. The fourth-order valence-electron chi connectivity index (χ4n) is 2.49. The van der Waals surface area contributed by atoms with Gasteiger partial charge in [0.2, 0.25) is 0 Å². The minimum Gasteiger partial charge on any atom is -0.495 e. The number of carboxylic acids is 1. The van der Waals surface area contributed by atoms with Crippen LogP contribution in [0.5, 0.6) is 5.75 Å². The number of ether oxygens (including phenoxy) is 1. The molecule has 0 atom stereocenters. The average molecular weight is 255 g/mol. The Bertz CT molecular complexity index is 454. The monoisotopic (exact) mass is 254 g/mol. The number of rotatable bonds is 3. The molecular weight excluding hydrogens is 240 g/mol. The molecule has 2 rings (SSSR count). The van der Waals surface area contributed by atoms with E-state index in [2.05, 4.69) is 0 Å². The fraction of sp³-hybridized carbons (Fsp3) is 0.462. The van der Waals surface area contributed by atoms with Crippen molar-refractivity contribution < 1.29 is 14.6 Å². The summed E-state index contributed by atoms with van der Waals surface area (Å²) in [6.07, 6.45) is 4.12. The summed E-state index contributed by atoms with van der Waals surface area (Å²) in [5.74, 6) is -0.326. The standard InChI is InChI=1S/C13H15ClO3/c1-17-13-10(7-12(15)16)9-5-3-2-4-8(9)6-11(13)14/h6H,2-5,7H2,1H3,(H,15,16). The third-order valence-electron chi connectivity index (χ3n) is 3.20. The molecule has 1 aliphatic carbocycles. The third-order valence-corrected chi connectivity index (χ3v) is 3.48. The second kappa shape index (κ2) is 4.96. The second-order valence-electron chi connectivity index (χ2n) is 4.29. The quantitative estimate of drug-likeness (QED) is 0.902. The Morgan fingerprint density at radius 3 is 2.82 bits per heavy atom. The molecule has 0 fully saturated rings. The molecule has 92 valence electrons. The lowest BCUT2D eigenvalue weighted by atomic mass is 9.86. The van der Waals surface area contributed by atoms with E-state index in [-0.39, 0.29) is 6.42 Å². The molecule has 0 aliphatic heterocycles. The van der Waals surface area contributed by atoms with Gasteiger partial charge in [-0.2, -0.15) is 0 Å². The predicted octanol–water partition coefficient (Wildman–Crippen LogP) is 2.85. The Balaban J connectivity index is 2.56. The van der Waals surface area contributed by atoms with Crippen molar-refractivity contribution in [3.05, 3.63) is 27.8 Å². The number of halogens is 1. The molecule has 1 N–H and O–H groups in total. The van der Waals surface area contributed by atoms with Gasteiger partial charge in [-0.1, -0.05) is 11.6 Å². The first kappa shape index (κ1) is 12.2. The zero-order valence-corrected chi connectivity index (χ0v) is 10.5. The number of benzene rings is 1. The van der Waals surface area contributed by atoms with Crippen molar-refractivity contribution in [1.82, 2.24) is 0 Å².